The SMILES string of the molecule is O=S1CCC(NCC(O)COc2ccc(Br)cc2)CC1. The number of ether oxygens (including phenoxy) is 1. The number of hydrogen-bond acceptors (Lipinski definition) is 4. The fourth-order valence-corrected chi connectivity index (χ4v) is 3.65. The van der Waals surface area contributed by atoms with Crippen LogP contribution in [0.25, 0.3) is 0 Å². The highest BCUT2D eigenvalue weighted by Crippen LogP contribution is 2.16. The summed E-state index contributed by atoms with van der Waals surface area (Å²) in [5, 5.41) is 13.2. The normalized spacial score (nSPS) is 24.3. The molecule has 1 atom stereocenters. The first-order valence-corrected chi connectivity index (χ1v) is 9.06. The Morgan fingerprint density at radius 1 is 1.35 bits per heavy atom. The molecule has 1 aliphatic rings. The molecule has 1 fully saturated rings. The number of hydrogen-bond donors (Lipinski definition) is 2. The second-order valence-electron chi connectivity index (χ2n) is 4.95. The minimum absolute atomic E-state index is 0.271. The third-order valence-corrected chi connectivity index (χ3v) is 5.20. The van der Waals surface area contributed by atoms with Crippen LogP contribution in [0.15, 0.2) is 28.7 Å². The van der Waals surface area contributed by atoms with Gasteiger partial charge in [0.15, 0.2) is 0 Å². The molecular formula is C14H20BrNO3S. The molecule has 1 aliphatic heterocycles. The molecule has 0 amide bonds. The highest BCUT2D eigenvalue weighted by molar-refractivity contribution is 9.10. The van der Waals surface area contributed by atoms with Crippen molar-refractivity contribution in [3.05, 3.63) is 28.7 Å². The molecule has 0 aromatic heterocycles. The average Bonchev–Trinajstić information content (AvgIpc) is 2.46. The fourth-order valence-electron chi connectivity index (χ4n) is 2.08. The summed E-state index contributed by atoms with van der Waals surface area (Å²) in [6.45, 7) is 0.779. The Hall–Kier alpha value is -0.430. The van der Waals surface area contributed by atoms with Gasteiger partial charge in [-0.25, -0.2) is 0 Å². The van der Waals surface area contributed by atoms with Gasteiger partial charge in [-0.1, -0.05) is 15.9 Å². The van der Waals surface area contributed by atoms with E-state index in [2.05, 4.69) is 21.2 Å². The van der Waals surface area contributed by atoms with Gasteiger partial charge < -0.3 is 15.2 Å². The van der Waals surface area contributed by atoms with Gasteiger partial charge >= 0.3 is 0 Å². The van der Waals surface area contributed by atoms with Gasteiger partial charge in [-0.15, -0.1) is 0 Å². The molecule has 0 radical (unpaired) electrons. The highest BCUT2D eigenvalue weighted by Gasteiger charge is 2.18. The smallest absolute Gasteiger partial charge is 0.119 e. The number of rotatable bonds is 6. The molecule has 1 unspecified atom stereocenters. The number of benzene rings is 1. The molecule has 0 spiro atoms. The van der Waals surface area contributed by atoms with Crippen LogP contribution < -0.4 is 10.1 Å². The van der Waals surface area contributed by atoms with Gasteiger partial charge in [-0.3, -0.25) is 4.21 Å². The molecule has 6 heteroatoms. The molecule has 1 aromatic carbocycles. The molecule has 1 aromatic rings. The molecule has 1 heterocycles. The Balaban J connectivity index is 1.64. The van der Waals surface area contributed by atoms with E-state index in [1.54, 1.807) is 0 Å². The third kappa shape index (κ3) is 5.52. The maximum atomic E-state index is 11.2. The van der Waals surface area contributed by atoms with Crippen LogP contribution in [0.3, 0.4) is 0 Å². The number of aliphatic hydroxyl groups excluding tert-OH is 1. The summed E-state index contributed by atoms with van der Waals surface area (Å²) in [6, 6.07) is 7.90. The van der Waals surface area contributed by atoms with Crippen LogP contribution in [0, 0.1) is 0 Å². The Labute approximate surface area is 130 Å². The third-order valence-electron chi connectivity index (χ3n) is 3.29. The van der Waals surface area contributed by atoms with Crippen LogP contribution in [0.5, 0.6) is 5.75 Å². The van der Waals surface area contributed by atoms with Gasteiger partial charge in [0.2, 0.25) is 0 Å². The first kappa shape index (κ1) is 15.9. The average molecular weight is 362 g/mol. The van der Waals surface area contributed by atoms with E-state index in [-0.39, 0.29) is 6.61 Å². The Morgan fingerprint density at radius 3 is 2.65 bits per heavy atom. The van der Waals surface area contributed by atoms with Crippen LogP contribution in [0.2, 0.25) is 0 Å². The van der Waals surface area contributed by atoms with Crippen molar-refractivity contribution in [2.45, 2.75) is 25.0 Å². The van der Waals surface area contributed by atoms with Gasteiger partial charge in [0.25, 0.3) is 0 Å². The zero-order chi connectivity index (χ0) is 14.4. The molecule has 0 saturated carbocycles. The van der Waals surface area contributed by atoms with E-state index in [0.717, 1.165) is 34.6 Å². The molecule has 112 valence electrons. The standard InChI is InChI=1S/C14H20BrNO3S/c15-11-1-3-14(4-2-11)19-10-13(17)9-16-12-5-7-20(18)8-6-12/h1-4,12-13,16-17H,5-10H2. The minimum Gasteiger partial charge on any atom is -0.491 e. The van der Waals surface area contributed by atoms with Crippen LogP contribution in [0.1, 0.15) is 12.8 Å². The molecule has 1 saturated heterocycles. The molecule has 20 heavy (non-hydrogen) atoms. The van der Waals surface area contributed by atoms with E-state index >= 15 is 0 Å². The zero-order valence-corrected chi connectivity index (χ0v) is 13.7. The maximum Gasteiger partial charge on any atom is 0.119 e. The molecule has 4 nitrogen and oxygen atoms in total. The molecule has 0 bridgehead atoms. The molecule has 0 aliphatic carbocycles. The summed E-state index contributed by atoms with van der Waals surface area (Å²) in [6.07, 6.45) is 1.31. The van der Waals surface area contributed by atoms with Crippen molar-refractivity contribution in [2.24, 2.45) is 0 Å². The quantitative estimate of drug-likeness (QED) is 0.809. The van der Waals surface area contributed by atoms with Crippen molar-refractivity contribution in [1.82, 2.24) is 5.32 Å². The Kier molecular flexibility index (Phi) is 6.48. The van der Waals surface area contributed by atoms with Crippen molar-refractivity contribution in [1.29, 1.82) is 0 Å². The minimum atomic E-state index is -0.637. The van der Waals surface area contributed by atoms with Crippen LogP contribution in [-0.2, 0) is 10.8 Å². The predicted octanol–water partition coefficient (Wildman–Crippen LogP) is 1.69. The van der Waals surface area contributed by atoms with E-state index in [0.29, 0.717) is 12.6 Å². The predicted molar refractivity (Wildman–Crippen MR) is 84.5 cm³/mol. The van der Waals surface area contributed by atoms with E-state index in [9.17, 15) is 9.32 Å². The summed E-state index contributed by atoms with van der Waals surface area (Å²) >= 11 is 3.36. The lowest BCUT2D eigenvalue weighted by Gasteiger charge is -2.24. The van der Waals surface area contributed by atoms with E-state index in [1.807, 2.05) is 24.3 Å². The van der Waals surface area contributed by atoms with Crippen LogP contribution in [0.4, 0.5) is 0 Å². The summed E-state index contributed by atoms with van der Waals surface area (Å²) in [4.78, 5) is 0. The van der Waals surface area contributed by atoms with E-state index < -0.39 is 16.9 Å². The van der Waals surface area contributed by atoms with Crippen molar-refractivity contribution in [2.75, 3.05) is 24.7 Å². The van der Waals surface area contributed by atoms with Gasteiger partial charge in [0, 0.05) is 39.4 Å². The van der Waals surface area contributed by atoms with Crippen molar-refractivity contribution in [3.63, 3.8) is 0 Å². The highest BCUT2D eigenvalue weighted by atomic mass is 79.9. The largest absolute Gasteiger partial charge is 0.491 e. The van der Waals surface area contributed by atoms with E-state index in [4.69, 9.17) is 4.74 Å². The van der Waals surface area contributed by atoms with Crippen molar-refractivity contribution < 1.29 is 14.1 Å². The lowest BCUT2D eigenvalue weighted by atomic mass is 10.1. The molecule has 2 rings (SSSR count). The summed E-state index contributed by atoms with van der Waals surface area (Å²) < 4.78 is 17.8. The fraction of sp³-hybridized carbons (Fsp3) is 0.571. The Morgan fingerprint density at radius 2 is 2.00 bits per heavy atom. The van der Waals surface area contributed by atoms with Crippen LogP contribution in [-0.4, -0.2) is 46.1 Å². The van der Waals surface area contributed by atoms with Gasteiger partial charge in [0.1, 0.15) is 18.5 Å². The molecular weight excluding hydrogens is 342 g/mol. The second-order valence-corrected chi connectivity index (χ2v) is 7.56. The molecule has 2 N–H and O–H groups in total. The zero-order valence-electron chi connectivity index (χ0n) is 11.3. The van der Waals surface area contributed by atoms with Gasteiger partial charge in [0.05, 0.1) is 0 Å². The first-order chi connectivity index (χ1) is 9.63. The number of nitrogens with one attached hydrogen (secondary N) is 1. The summed E-state index contributed by atoms with van der Waals surface area (Å²) in [5.41, 5.74) is 0. The first-order valence-electron chi connectivity index (χ1n) is 6.78. The Bertz CT molecular complexity index is 431. The monoisotopic (exact) mass is 361 g/mol. The van der Waals surface area contributed by atoms with Gasteiger partial charge in [-0.05, 0) is 37.1 Å². The number of halogens is 1. The summed E-state index contributed by atoms with van der Waals surface area (Å²) in [7, 11) is -0.637. The van der Waals surface area contributed by atoms with Crippen molar-refractivity contribution in [3.8, 4) is 5.75 Å². The van der Waals surface area contributed by atoms with Gasteiger partial charge in [-0.2, -0.15) is 0 Å². The summed E-state index contributed by atoms with van der Waals surface area (Å²) in [5.74, 6) is 2.28. The number of aliphatic hydroxyl groups is 1. The van der Waals surface area contributed by atoms with Crippen LogP contribution >= 0.6 is 15.9 Å². The van der Waals surface area contributed by atoms with Crippen molar-refractivity contribution >= 4 is 26.7 Å². The lowest BCUT2D eigenvalue weighted by Crippen LogP contribution is -2.41. The maximum absolute atomic E-state index is 11.2. The lowest BCUT2D eigenvalue weighted by molar-refractivity contribution is 0.103. The topological polar surface area (TPSA) is 58.6 Å². The second kappa shape index (κ2) is 8.12. The van der Waals surface area contributed by atoms with E-state index in [1.165, 1.54) is 0 Å².